The largest absolute Gasteiger partial charge is 0.0613 e. The lowest BCUT2D eigenvalue weighted by molar-refractivity contribution is 1.14. The quantitative estimate of drug-likeness (QED) is 0.668. The minimum Gasteiger partial charge on any atom is -0.0613 e. The van der Waals surface area contributed by atoms with Gasteiger partial charge in [0.2, 0.25) is 0 Å². The fourth-order valence-corrected chi connectivity index (χ4v) is 1.99. The van der Waals surface area contributed by atoms with Crippen molar-refractivity contribution in [2.45, 2.75) is 13.3 Å². The maximum atomic E-state index is 3.45. The van der Waals surface area contributed by atoms with Crippen LogP contribution in [0.1, 0.15) is 12.5 Å². The molecule has 0 aliphatic carbocycles. The average molecular weight is 217 g/mol. The summed E-state index contributed by atoms with van der Waals surface area (Å²) in [6.07, 6.45) is 1.13. The minimum atomic E-state index is 0.742. The average Bonchev–Trinajstić information content (AvgIpc) is 2.05. The van der Waals surface area contributed by atoms with Crippen molar-refractivity contribution in [1.82, 2.24) is 0 Å². The Morgan fingerprint density at radius 1 is 1.50 bits per heavy atom. The van der Waals surface area contributed by atoms with Crippen LogP contribution >= 0.6 is 22.8 Å². The third-order valence-electron chi connectivity index (χ3n) is 1.44. The topological polar surface area (TPSA) is 0 Å². The maximum Gasteiger partial charge on any atom is -0.0158 e. The van der Waals surface area contributed by atoms with E-state index in [9.17, 15) is 0 Å². The Labute approximate surface area is 71.6 Å². The first-order valence-corrected chi connectivity index (χ1v) is 6.58. The van der Waals surface area contributed by atoms with E-state index in [-0.39, 0.29) is 0 Å². The number of hydrogen-bond donors (Lipinski definition) is 0. The van der Waals surface area contributed by atoms with Crippen LogP contribution in [0.25, 0.3) is 0 Å². The molecule has 0 radical (unpaired) electrons. The lowest BCUT2D eigenvalue weighted by atomic mass is 10.2. The van der Waals surface area contributed by atoms with Gasteiger partial charge in [-0.2, -0.15) is 0 Å². The maximum absolute atomic E-state index is 3.45. The molecule has 0 aliphatic heterocycles. The molecular formula is C8H10BrP. The molecule has 0 saturated heterocycles. The van der Waals surface area contributed by atoms with Gasteiger partial charge >= 0.3 is 0 Å². The second-order valence-corrected chi connectivity index (χ2v) is 4.10. The molecule has 0 bridgehead atoms. The molecule has 1 aromatic rings. The van der Waals surface area contributed by atoms with Gasteiger partial charge < -0.3 is 0 Å². The summed E-state index contributed by atoms with van der Waals surface area (Å²) in [7, 11) is 0.742. The number of hydrogen-bond acceptors (Lipinski definition) is 0. The second-order valence-electron chi connectivity index (χ2n) is 2.15. The predicted molar refractivity (Wildman–Crippen MR) is 52.7 cm³/mol. The van der Waals surface area contributed by atoms with Crippen molar-refractivity contribution < 1.29 is 0 Å². The molecule has 0 spiro atoms. The summed E-state index contributed by atoms with van der Waals surface area (Å²) < 4.78 is 0. The van der Waals surface area contributed by atoms with Gasteiger partial charge in [-0.15, -0.1) is 0 Å². The summed E-state index contributed by atoms with van der Waals surface area (Å²) in [6.45, 7) is 2.18. The van der Waals surface area contributed by atoms with E-state index in [0.717, 1.165) is 13.7 Å². The van der Waals surface area contributed by atoms with Gasteiger partial charge in [0.25, 0.3) is 0 Å². The highest BCUT2D eigenvalue weighted by molar-refractivity contribution is 9.37. The normalized spacial score (nSPS) is 11.0. The molecular weight excluding hydrogens is 207 g/mol. The Balaban J connectivity index is 2.87. The smallest absolute Gasteiger partial charge is 0.0158 e. The Morgan fingerprint density at radius 3 is 2.90 bits per heavy atom. The molecule has 54 valence electrons. The van der Waals surface area contributed by atoms with Crippen LogP contribution in [0, 0.1) is 0 Å². The number of aryl methyl sites for hydroxylation is 1. The predicted octanol–water partition coefficient (Wildman–Crippen LogP) is 2.86. The van der Waals surface area contributed by atoms with Gasteiger partial charge in [0.15, 0.2) is 0 Å². The van der Waals surface area contributed by atoms with E-state index < -0.39 is 0 Å². The van der Waals surface area contributed by atoms with Crippen molar-refractivity contribution in [2.75, 3.05) is 0 Å². The van der Waals surface area contributed by atoms with E-state index >= 15 is 0 Å². The zero-order valence-electron chi connectivity index (χ0n) is 5.89. The Hall–Kier alpha value is 0.130. The van der Waals surface area contributed by atoms with Crippen LogP contribution in [0.4, 0.5) is 0 Å². The van der Waals surface area contributed by atoms with Crippen molar-refractivity contribution >= 4 is 28.1 Å². The van der Waals surface area contributed by atoms with E-state index in [1.807, 2.05) is 0 Å². The molecule has 0 N–H and O–H groups in total. The van der Waals surface area contributed by atoms with Crippen molar-refractivity contribution in [3.05, 3.63) is 29.8 Å². The van der Waals surface area contributed by atoms with Gasteiger partial charge in [-0.05, 0) is 24.6 Å². The number of halogens is 1. The van der Waals surface area contributed by atoms with Crippen molar-refractivity contribution in [1.29, 1.82) is 0 Å². The van der Waals surface area contributed by atoms with E-state index in [0.29, 0.717) is 0 Å². The van der Waals surface area contributed by atoms with Crippen LogP contribution in [0.2, 0.25) is 0 Å². The third kappa shape index (κ3) is 2.07. The summed E-state index contributed by atoms with van der Waals surface area (Å²) in [6, 6.07) is 8.67. The van der Waals surface area contributed by atoms with Gasteiger partial charge in [-0.1, -0.05) is 46.7 Å². The molecule has 1 atom stereocenters. The Bertz CT molecular complexity index is 191. The Kier molecular flexibility index (Phi) is 3.37. The monoisotopic (exact) mass is 216 g/mol. The SMILES string of the molecule is CCc1cccc(PBr)c1. The minimum absolute atomic E-state index is 0.742. The van der Waals surface area contributed by atoms with E-state index in [1.54, 1.807) is 0 Å². The molecule has 1 unspecified atom stereocenters. The van der Waals surface area contributed by atoms with Gasteiger partial charge in [0.05, 0.1) is 0 Å². The fourth-order valence-electron chi connectivity index (χ4n) is 0.850. The molecule has 0 aromatic heterocycles. The summed E-state index contributed by atoms with van der Waals surface area (Å²) in [5.41, 5.74) is 1.42. The number of rotatable bonds is 2. The van der Waals surface area contributed by atoms with Gasteiger partial charge in [0, 0.05) is 0 Å². The third-order valence-corrected chi connectivity index (χ3v) is 3.35. The van der Waals surface area contributed by atoms with Gasteiger partial charge in [0.1, 0.15) is 0 Å². The molecule has 0 fully saturated rings. The molecule has 10 heavy (non-hydrogen) atoms. The van der Waals surface area contributed by atoms with Crippen molar-refractivity contribution in [3.63, 3.8) is 0 Å². The van der Waals surface area contributed by atoms with E-state index in [4.69, 9.17) is 0 Å². The van der Waals surface area contributed by atoms with Crippen LogP contribution < -0.4 is 5.30 Å². The summed E-state index contributed by atoms with van der Waals surface area (Å²) >= 11 is 3.45. The van der Waals surface area contributed by atoms with E-state index in [2.05, 4.69) is 46.7 Å². The van der Waals surface area contributed by atoms with Crippen molar-refractivity contribution in [3.8, 4) is 0 Å². The zero-order valence-corrected chi connectivity index (χ0v) is 8.48. The summed E-state index contributed by atoms with van der Waals surface area (Å²) in [4.78, 5) is 0. The summed E-state index contributed by atoms with van der Waals surface area (Å²) in [5, 5.41) is 1.39. The van der Waals surface area contributed by atoms with E-state index in [1.165, 1.54) is 10.9 Å². The Morgan fingerprint density at radius 2 is 2.30 bits per heavy atom. The first-order valence-electron chi connectivity index (χ1n) is 3.32. The number of benzene rings is 1. The fraction of sp³-hybridized carbons (Fsp3) is 0.250. The molecule has 1 aromatic carbocycles. The first kappa shape index (κ1) is 8.23. The van der Waals surface area contributed by atoms with Gasteiger partial charge in [-0.25, -0.2) is 0 Å². The van der Waals surface area contributed by atoms with Crippen LogP contribution in [-0.2, 0) is 6.42 Å². The highest BCUT2D eigenvalue weighted by Gasteiger charge is 1.90. The molecule has 0 heterocycles. The lowest BCUT2D eigenvalue weighted by Gasteiger charge is -1.97. The molecule has 1 rings (SSSR count). The lowest BCUT2D eigenvalue weighted by Crippen LogP contribution is -1.92. The standard InChI is InChI=1S/C8H10BrP/c1-2-7-4-3-5-8(6-7)10-9/h3-6,10H,2H2,1H3. The molecule has 0 amide bonds. The first-order chi connectivity index (χ1) is 4.86. The van der Waals surface area contributed by atoms with Gasteiger partial charge in [-0.3, -0.25) is 0 Å². The molecule has 0 nitrogen and oxygen atoms in total. The van der Waals surface area contributed by atoms with Crippen LogP contribution in [-0.4, -0.2) is 0 Å². The van der Waals surface area contributed by atoms with Crippen LogP contribution in [0.15, 0.2) is 24.3 Å². The molecule has 0 aliphatic rings. The molecule has 0 saturated carbocycles. The summed E-state index contributed by atoms with van der Waals surface area (Å²) in [5.74, 6) is 0. The highest BCUT2D eigenvalue weighted by Crippen LogP contribution is 2.18. The zero-order chi connectivity index (χ0) is 7.40. The highest BCUT2D eigenvalue weighted by atomic mass is 79.9. The van der Waals surface area contributed by atoms with Crippen molar-refractivity contribution in [2.24, 2.45) is 0 Å². The van der Waals surface area contributed by atoms with Crippen LogP contribution in [0.5, 0.6) is 0 Å². The van der Waals surface area contributed by atoms with Crippen LogP contribution in [0.3, 0.4) is 0 Å². The second kappa shape index (κ2) is 4.10. The molecule has 2 heteroatoms.